The molecule has 0 unspecified atom stereocenters. The molecule has 6 nitrogen and oxygen atoms in total. The van der Waals surface area contributed by atoms with Crippen molar-refractivity contribution in [1.29, 1.82) is 0 Å². The van der Waals surface area contributed by atoms with Gasteiger partial charge in [0.2, 0.25) is 5.91 Å². The van der Waals surface area contributed by atoms with Crippen molar-refractivity contribution in [2.24, 2.45) is 0 Å². The van der Waals surface area contributed by atoms with Crippen LogP contribution in [-0.4, -0.2) is 32.7 Å². The third-order valence-electron chi connectivity index (χ3n) is 3.56. The van der Waals surface area contributed by atoms with Gasteiger partial charge in [-0.1, -0.05) is 29.5 Å². The Bertz CT molecular complexity index is 1020. The quantitative estimate of drug-likeness (QED) is 0.740. The van der Waals surface area contributed by atoms with Crippen molar-refractivity contribution in [3.8, 4) is 5.75 Å². The Morgan fingerprint density at radius 3 is 2.56 bits per heavy atom. The Balaban J connectivity index is 1.72. The summed E-state index contributed by atoms with van der Waals surface area (Å²) in [7, 11) is -1.66. The van der Waals surface area contributed by atoms with E-state index in [-0.39, 0.29) is 17.2 Å². The molecule has 0 bridgehead atoms. The average Bonchev–Trinajstić information content (AvgIpc) is 2.96. The molecule has 0 saturated heterocycles. The third kappa shape index (κ3) is 3.97. The third-order valence-corrected chi connectivity index (χ3v) is 5.63. The van der Waals surface area contributed by atoms with Crippen LogP contribution < -0.4 is 10.1 Å². The molecule has 0 atom stereocenters. The molecular weight excluding hydrogens is 360 g/mol. The number of rotatable bonds is 5. The van der Waals surface area contributed by atoms with Crippen molar-refractivity contribution >= 4 is 42.4 Å². The van der Waals surface area contributed by atoms with E-state index in [0.717, 1.165) is 16.5 Å². The molecule has 0 saturated carbocycles. The van der Waals surface area contributed by atoms with Crippen LogP contribution in [0.4, 0.5) is 5.13 Å². The van der Waals surface area contributed by atoms with Crippen molar-refractivity contribution in [3.63, 3.8) is 0 Å². The molecule has 25 heavy (non-hydrogen) atoms. The lowest BCUT2D eigenvalue weighted by molar-refractivity contribution is -0.115. The van der Waals surface area contributed by atoms with Gasteiger partial charge in [0.25, 0.3) is 0 Å². The molecule has 1 heterocycles. The maximum Gasteiger partial charge on any atom is 0.230 e. The van der Waals surface area contributed by atoms with Gasteiger partial charge in [-0.25, -0.2) is 13.4 Å². The predicted molar refractivity (Wildman–Crippen MR) is 98.1 cm³/mol. The molecule has 0 spiro atoms. The molecule has 0 aliphatic carbocycles. The molecule has 1 amide bonds. The van der Waals surface area contributed by atoms with E-state index in [1.165, 1.54) is 23.5 Å². The SMILES string of the molecule is COc1cccc2sc(NC(=O)Cc3ccc(S(C)(=O)=O)cc3)nc12. The number of nitrogens with zero attached hydrogens (tertiary/aromatic N) is 1. The van der Waals surface area contributed by atoms with Crippen LogP contribution in [0.25, 0.3) is 10.2 Å². The van der Waals surface area contributed by atoms with Crippen LogP contribution in [0.15, 0.2) is 47.4 Å². The van der Waals surface area contributed by atoms with Gasteiger partial charge in [-0.2, -0.15) is 0 Å². The maximum absolute atomic E-state index is 12.2. The van der Waals surface area contributed by atoms with Gasteiger partial charge in [0.1, 0.15) is 11.3 Å². The summed E-state index contributed by atoms with van der Waals surface area (Å²) < 4.78 is 29.1. The van der Waals surface area contributed by atoms with Gasteiger partial charge in [-0.05, 0) is 29.8 Å². The zero-order valence-corrected chi connectivity index (χ0v) is 15.3. The molecule has 3 rings (SSSR count). The molecule has 1 aromatic heterocycles. The van der Waals surface area contributed by atoms with Crippen LogP contribution in [-0.2, 0) is 21.1 Å². The second-order valence-electron chi connectivity index (χ2n) is 5.47. The molecule has 8 heteroatoms. The number of para-hydroxylation sites is 1. The number of anilines is 1. The van der Waals surface area contributed by atoms with Crippen molar-refractivity contribution in [1.82, 2.24) is 4.98 Å². The van der Waals surface area contributed by atoms with Crippen LogP contribution in [0.3, 0.4) is 0 Å². The fraction of sp³-hybridized carbons (Fsp3) is 0.176. The molecule has 0 aliphatic heterocycles. The van der Waals surface area contributed by atoms with E-state index in [9.17, 15) is 13.2 Å². The smallest absolute Gasteiger partial charge is 0.230 e. The van der Waals surface area contributed by atoms with Crippen LogP contribution in [0.2, 0.25) is 0 Å². The Labute approximate surface area is 149 Å². The van der Waals surface area contributed by atoms with Crippen molar-refractivity contribution < 1.29 is 17.9 Å². The summed E-state index contributed by atoms with van der Waals surface area (Å²) >= 11 is 1.37. The summed E-state index contributed by atoms with van der Waals surface area (Å²) in [6, 6.07) is 11.9. The number of hydrogen-bond acceptors (Lipinski definition) is 6. The molecule has 0 fully saturated rings. The highest BCUT2D eigenvalue weighted by atomic mass is 32.2. The zero-order valence-electron chi connectivity index (χ0n) is 13.6. The van der Waals surface area contributed by atoms with E-state index in [0.29, 0.717) is 16.4 Å². The monoisotopic (exact) mass is 376 g/mol. The summed E-state index contributed by atoms with van der Waals surface area (Å²) in [5.41, 5.74) is 1.44. The van der Waals surface area contributed by atoms with Gasteiger partial charge in [-0.15, -0.1) is 0 Å². The largest absolute Gasteiger partial charge is 0.494 e. The number of thiazole rings is 1. The van der Waals surface area contributed by atoms with Crippen molar-refractivity contribution in [2.45, 2.75) is 11.3 Å². The van der Waals surface area contributed by atoms with Gasteiger partial charge < -0.3 is 10.1 Å². The van der Waals surface area contributed by atoms with Gasteiger partial charge in [-0.3, -0.25) is 4.79 Å². The number of amides is 1. The lowest BCUT2D eigenvalue weighted by atomic mass is 10.1. The normalized spacial score (nSPS) is 11.4. The number of carbonyl (C=O) groups excluding carboxylic acids is 1. The van der Waals surface area contributed by atoms with Gasteiger partial charge in [0, 0.05) is 6.26 Å². The van der Waals surface area contributed by atoms with Crippen LogP contribution >= 0.6 is 11.3 Å². The van der Waals surface area contributed by atoms with Gasteiger partial charge in [0.05, 0.1) is 23.1 Å². The number of nitrogens with one attached hydrogen (secondary N) is 1. The number of ether oxygens (including phenoxy) is 1. The van der Waals surface area contributed by atoms with Crippen LogP contribution in [0, 0.1) is 0 Å². The van der Waals surface area contributed by atoms with E-state index >= 15 is 0 Å². The van der Waals surface area contributed by atoms with E-state index in [2.05, 4.69) is 10.3 Å². The minimum absolute atomic E-state index is 0.136. The minimum Gasteiger partial charge on any atom is -0.494 e. The number of fused-ring (bicyclic) bond motifs is 1. The lowest BCUT2D eigenvalue weighted by Gasteiger charge is -2.03. The molecule has 1 N–H and O–H groups in total. The predicted octanol–water partition coefficient (Wildman–Crippen LogP) is 2.89. The summed E-state index contributed by atoms with van der Waals surface area (Å²) in [6.07, 6.45) is 1.28. The Hall–Kier alpha value is -2.45. The Morgan fingerprint density at radius 2 is 1.92 bits per heavy atom. The highest BCUT2D eigenvalue weighted by molar-refractivity contribution is 7.90. The molecule has 0 radical (unpaired) electrons. The number of carbonyl (C=O) groups is 1. The second kappa shape index (κ2) is 6.81. The first-order valence-corrected chi connectivity index (χ1v) is 10.1. The zero-order chi connectivity index (χ0) is 18.0. The first-order chi connectivity index (χ1) is 11.9. The lowest BCUT2D eigenvalue weighted by Crippen LogP contribution is -2.14. The summed E-state index contributed by atoms with van der Waals surface area (Å²) in [5, 5.41) is 3.27. The maximum atomic E-state index is 12.2. The molecule has 0 aliphatic rings. The van der Waals surface area contributed by atoms with E-state index in [1.54, 1.807) is 19.2 Å². The van der Waals surface area contributed by atoms with Crippen LogP contribution in [0.5, 0.6) is 5.75 Å². The van der Waals surface area contributed by atoms with Gasteiger partial charge in [0.15, 0.2) is 15.0 Å². The number of aromatic nitrogens is 1. The molecular formula is C17H16N2O4S2. The van der Waals surface area contributed by atoms with E-state index in [1.807, 2.05) is 18.2 Å². The van der Waals surface area contributed by atoms with Gasteiger partial charge >= 0.3 is 0 Å². The molecule has 2 aromatic carbocycles. The Kier molecular flexibility index (Phi) is 4.73. The summed E-state index contributed by atoms with van der Waals surface area (Å²) in [4.78, 5) is 16.8. The minimum atomic E-state index is -3.24. The highest BCUT2D eigenvalue weighted by Crippen LogP contribution is 2.32. The fourth-order valence-electron chi connectivity index (χ4n) is 2.34. The topological polar surface area (TPSA) is 85.4 Å². The van der Waals surface area contributed by atoms with E-state index in [4.69, 9.17) is 4.74 Å². The average molecular weight is 376 g/mol. The number of benzene rings is 2. The molecule has 3 aromatic rings. The Morgan fingerprint density at radius 1 is 1.20 bits per heavy atom. The highest BCUT2D eigenvalue weighted by Gasteiger charge is 2.12. The first-order valence-electron chi connectivity index (χ1n) is 7.39. The first kappa shape index (κ1) is 17.4. The number of sulfone groups is 1. The molecule has 130 valence electrons. The fourth-order valence-corrected chi connectivity index (χ4v) is 3.87. The number of methoxy groups -OCH3 is 1. The second-order valence-corrected chi connectivity index (χ2v) is 8.51. The van der Waals surface area contributed by atoms with Crippen molar-refractivity contribution in [3.05, 3.63) is 48.0 Å². The standard InChI is InChI=1S/C17H16N2O4S2/c1-23-13-4-3-5-14-16(13)19-17(24-14)18-15(20)10-11-6-8-12(9-7-11)25(2,21)22/h3-9H,10H2,1-2H3,(H,18,19,20). The number of hydrogen-bond donors (Lipinski definition) is 1. The summed E-state index contributed by atoms with van der Waals surface area (Å²) in [6.45, 7) is 0. The van der Waals surface area contributed by atoms with Crippen molar-refractivity contribution in [2.75, 3.05) is 18.7 Å². The summed E-state index contributed by atoms with van der Waals surface area (Å²) in [5.74, 6) is 0.441. The van der Waals surface area contributed by atoms with Crippen LogP contribution in [0.1, 0.15) is 5.56 Å². The van der Waals surface area contributed by atoms with E-state index < -0.39 is 9.84 Å².